The van der Waals surface area contributed by atoms with Crippen LogP contribution in [-0.4, -0.2) is 49.1 Å². The molecule has 1 saturated heterocycles. The quantitative estimate of drug-likeness (QED) is 0.634. The number of carbonyl (C=O) groups excluding carboxylic acids is 1. The molecule has 0 spiro atoms. The fourth-order valence-corrected chi connectivity index (χ4v) is 5.25. The van der Waals surface area contributed by atoms with Gasteiger partial charge in [0.05, 0.1) is 17.7 Å². The smallest absolute Gasteiger partial charge is 0.264 e. The third kappa shape index (κ3) is 3.77. The second-order valence-corrected chi connectivity index (χ2v) is 8.95. The number of anilines is 1. The number of piperazine rings is 1. The molecule has 28 heavy (non-hydrogen) atoms. The molecule has 0 bridgehead atoms. The highest BCUT2D eigenvalue weighted by atomic mass is 32.1. The Hall–Kier alpha value is -2.38. The summed E-state index contributed by atoms with van der Waals surface area (Å²) in [6.45, 7) is 7.20. The summed E-state index contributed by atoms with van der Waals surface area (Å²) < 4.78 is 5.23. The molecule has 146 valence electrons. The van der Waals surface area contributed by atoms with Gasteiger partial charge in [-0.2, -0.15) is 0 Å². The Morgan fingerprint density at radius 1 is 1.11 bits per heavy atom. The maximum absolute atomic E-state index is 13.0. The summed E-state index contributed by atoms with van der Waals surface area (Å²) in [5.74, 6) is 0.962. The number of thiophene rings is 1. The standard InChI is InChI=1S/C21H23N3O2S2/c1-14-13-27-21(22-14)24-10-8-23(9-11-24)20(25)19-12-18(15(2)28-19)16-4-6-17(26-3)7-5-16/h4-7,12-13H,8-11H2,1-3H3. The molecular weight excluding hydrogens is 390 g/mol. The summed E-state index contributed by atoms with van der Waals surface area (Å²) >= 11 is 3.25. The van der Waals surface area contributed by atoms with Gasteiger partial charge in [-0.1, -0.05) is 12.1 Å². The first-order chi connectivity index (χ1) is 13.5. The van der Waals surface area contributed by atoms with E-state index >= 15 is 0 Å². The zero-order valence-electron chi connectivity index (χ0n) is 16.3. The summed E-state index contributed by atoms with van der Waals surface area (Å²) in [7, 11) is 1.66. The molecule has 0 unspecified atom stereocenters. The summed E-state index contributed by atoms with van der Waals surface area (Å²) in [6.07, 6.45) is 0. The van der Waals surface area contributed by atoms with Gasteiger partial charge >= 0.3 is 0 Å². The van der Waals surface area contributed by atoms with Crippen LogP contribution in [0.25, 0.3) is 11.1 Å². The van der Waals surface area contributed by atoms with Crippen molar-refractivity contribution in [2.75, 3.05) is 38.2 Å². The van der Waals surface area contributed by atoms with E-state index in [1.165, 1.54) is 0 Å². The molecule has 0 radical (unpaired) electrons. The summed E-state index contributed by atoms with van der Waals surface area (Å²) in [4.78, 5) is 23.8. The zero-order chi connectivity index (χ0) is 19.7. The van der Waals surface area contributed by atoms with Crippen molar-refractivity contribution in [1.29, 1.82) is 0 Å². The van der Waals surface area contributed by atoms with Gasteiger partial charge in [-0.05, 0) is 43.2 Å². The fourth-order valence-electron chi connectivity index (χ4n) is 3.39. The lowest BCUT2D eigenvalue weighted by molar-refractivity contribution is 0.0751. The third-order valence-corrected chi connectivity index (χ3v) is 7.03. The molecule has 1 aromatic carbocycles. The Kier molecular flexibility index (Phi) is 5.37. The van der Waals surface area contributed by atoms with Gasteiger partial charge in [0.2, 0.25) is 0 Å². The van der Waals surface area contributed by atoms with Gasteiger partial charge < -0.3 is 14.5 Å². The number of amides is 1. The predicted octanol–water partition coefficient (Wildman–Crippen LogP) is 4.46. The van der Waals surface area contributed by atoms with Gasteiger partial charge in [0, 0.05) is 36.4 Å². The van der Waals surface area contributed by atoms with E-state index < -0.39 is 0 Å². The molecule has 0 saturated carbocycles. The first-order valence-electron chi connectivity index (χ1n) is 9.26. The van der Waals surface area contributed by atoms with Gasteiger partial charge in [-0.3, -0.25) is 4.79 Å². The summed E-state index contributed by atoms with van der Waals surface area (Å²) in [5.41, 5.74) is 3.28. The van der Waals surface area contributed by atoms with Crippen LogP contribution in [0.2, 0.25) is 0 Å². The lowest BCUT2D eigenvalue weighted by Gasteiger charge is -2.34. The van der Waals surface area contributed by atoms with E-state index in [1.54, 1.807) is 29.8 Å². The van der Waals surface area contributed by atoms with E-state index in [0.29, 0.717) is 0 Å². The van der Waals surface area contributed by atoms with Crippen molar-refractivity contribution in [1.82, 2.24) is 9.88 Å². The topological polar surface area (TPSA) is 45.7 Å². The van der Waals surface area contributed by atoms with Crippen LogP contribution in [-0.2, 0) is 0 Å². The highest BCUT2D eigenvalue weighted by molar-refractivity contribution is 7.14. The van der Waals surface area contributed by atoms with Gasteiger partial charge in [0.15, 0.2) is 5.13 Å². The molecule has 1 aliphatic heterocycles. The lowest BCUT2D eigenvalue weighted by Crippen LogP contribution is -2.48. The van der Waals surface area contributed by atoms with E-state index in [1.807, 2.05) is 42.2 Å². The fraction of sp³-hybridized carbons (Fsp3) is 0.333. The highest BCUT2D eigenvalue weighted by Crippen LogP contribution is 2.33. The molecule has 1 amide bonds. The van der Waals surface area contributed by atoms with Crippen LogP contribution in [0.1, 0.15) is 20.2 Å². The average Bonchev–Trinajstić information content (AvgIpc) is 3.33. The Morgan fingerprint density at radius 3 is 2.43 bits per heavy atom. The van der Waals surface area contributed by atoms with Crippen molar-refractivity contribution in [2.45, 2.75) is 13.8 Å². The van der Waals surface area contributed by atoms with E-state index in [0.717, 1.165) is 63.6 Å². The minimum atomic E-state index is 0.128. The number of nitrogens with zero attached hydrogens (tertiary/aromatic N) is 3. The minimum absolute atomic E-state index is 0.128. The Morgan fingerprint density at radius 2 is 1.82 bits per heavy atom. The second kappa shape index (κ2) is 7.93. The molecule has 2 aromatic heterocycles. The van der Waals surface area contributed by atoms with Crippen LogP contribution in [0.15, 0.2) is 35.7 Å². The summed E-state index contributed by atoms with van der Waals surface area (Å²) in [5, 5.41) is 3.13. The maximum Gasteiger partial charge on any atom is 0.264 e. The molecular formula is C21H23N3O2S2. The molecule has 7 heteroatoms. The number of aryl methyl sites for hydroxylation is 2. The van der Waals surface area contributed by atoms with Crippen LogP contribution in [0.5, 0.6) is 5.75 Å². The van der Waals surface area contributed by atoms with Crippen molar-refractivity contribution in [2.24, 2.45) is 0 Å². The van der Waals surface area contributed by atoms with Gasteiger partial charge in [0.25, 0.3) is 5.91 Å². The number of hydrogen-bond acceptors (Lipinski definition) is 6. The Labute approximate surface area is 173 Å². The molecule has 4 rings (SSSR count). The molecule has 1 aliphatic rings. The number of benzene rings is 1. The van der Waals surface area contributed by atoms with Crippen molar-refractivity contribution in [3.63, 3.8) is 0 Å². The minimum Gasteiger partial charge on any atom is -0.497 e. The van der Waals surface area contributed by atoms with Gasteiger partial charge in [-0.15, -0.1) is 22.7 Å². The Bertz CT molecular complexity index is 970. The average molecular weight is 414 g/mol. The highest BCUT2D eigenvalue weighted by Gasteiger charge is 2.25. The van der Waals surface area contributed by atoms with E-state index in [9.17, 15) is 4.79 Å². The number of carbonyl (C=O) groups is 1. The first kappa shape index (κ1) is 19.0. The number of rotatable bonds is 4. The maximum atomic E-state index is 13.0. The van der Waals surface area contributed by atoms with Crippen LogP contribution < -0.4 is 9.64 Å². The van der Waals surface area contributed by atoms with Crippen molar-refractivity contribution in [3.8, 4) is 16.9 Å². The molecule has 0 aliphatic carbocycles. The first-order valence-corrected chi connectivity index (χ1v) is 11.0. The number of ether oxygens (including phenoxy) is 1. The van der Waals surface area contributed by atoms with Crippen LogP contribution in [0.4, 0.5) is 5.13 Å². The van der Waals surface area contributed by atoms with E-state index in [2.05, 4.69) is 22.2 Å². The second-order valence-electron chi connectivity index (χ2n) is 6.86. The molecule has 3 heterocycles. The van der Waals surface area contributed by atoms with Gasteiger partial charge in [0.1, 0.15) is 5.75 Å². The van der Waals surface area contributed by atoms with Crippen LogP contribution in [0.3, 0.4) is 0 Å². The summed E-state index contributed by atoms with van der Waals surface area (Å²) in [6, 6.07) is 10.0. The number of thiazole rings is 1. The molecule has 5 nitrogen and oxygen atoms in total. The van der Waals surface area contributed by atoms with E-state index in [-0.39, 0.29) is 5.91 Å². The normalized spacial score (nSPS) is 14.4. The number of hydrogen-bond donors (Lipinski definition) is 0. The molecule has 0 atom stereocenters. The number of aromatic nitrogens is 1. The van der Waals surface area contributed by atoms with Gasteiger partial charge in [-0.25, -0.2) is 4.98 Å². The zero-order valence-corrected chi connectivity index (χ0v) is 17.9. The lowest BCUT2D eigenvalue weighted by atomic mass is 10.1. The van der Waals surface area contributed by atoms with Crippen molar-refractivity contribution >= 4 is 33.7 Å². The van der Waals surface area contributed by atoms with Crippen molar-refractivity contribution < 1.29 is 9.53 Å². The third-order valence-electron chi connectivity index (χ3n) is 4.97. The molecule has 3 aromatic rings. The van der Waals surface area contributed by atoms with Crippen LogP contribution >= 0.6 is 22.7 Å². The Balaban J connectivity index is 1.45. The largest absolute Gasteiger partial charge is 0.497 e. The van der Waals surface area contributed by atoms with E-state index in [4.69, 9.17) is 4.74 Å². The SMILES string of the molecule is COc1ccc(-c2cc(C(=O)N3CCN(c4nc(C)cs4)CC3)sc2C)cc1. The van der Waals surface area contributed by atoms with Crippen molar-refractivity contribution in [3.05, 3.63) is 51.2 Å². The monoisotopic (exact) mass is 413 g/mol. The molecule has 0 N–H and O–H groups in total. The predicted molar refractivity (Wildman–Crippen MR) is 116 cm³/mol. The molecule has 1 fully saturated rings. The number of methoxy groups -OCH3 is 1. The van der Waals surface area contributed by atoms with Crippen LogP contribution in [0, 0.1) is 13.8 Å².